The largest absolute Gasteiger partial charge is 0.481 e. The zero-order valence-electron chi connectivity index (χ0n) is 11.7. The SMILES string of the molecule is C#CCOc1ccc(NC(=O)NC[C@@H](O)C(C)C)cc1. The van der Waals surface area contributed by atoms with Crippen LogP contribution in [0, 0.1) is 18.3 Å². The van der Waals surface area contributed by atoms with E-state index in [1.165, 1.54) is 0 Å². The first kappa shape index (κ1) is 15.9. The number of carbonyl (C=O) groups excluding carboxylic acids is 1. The predicted molar refractivity (Wildman–Crippen MR) is 78.6 cm³/mol. The van der Waals surface area contributed by atoms with Crippen molar-refractivity contribution in [2.24, 2.45) is 5.92 Å². The van der Waals surface area contributed by atoms with Gasteiger partial charge in [0.1, 0.15) is 12.4 Å². The Labute approximate surface area is 119 Å². The van der Waals surface area contributed by atoms with Gasteiger partial charge in [-0.25, -0.2) is 4.79 Å². The van der Waals surface area contributed by atoms with Crippen LogP contribution < -0.4 is 15.4 Å². The molecule has 1 atom stereocenters. The van der Waals surface area contributed by atoms with Crippen molar-refractivity contribution in [1.82, 2.24) is 5.32 Å². The number of anilines is 1. The van der Waals surface area contributed by atoms with Crippen molar-refractivity contribution in [3.63, 3.8) is 0 Å². The van der Waals surface area contributed by atoms with E-state index in [4.69, 9.17) is 11.2 Å². The first-order valence-corrected chi connectivity index (χ1v) is 6.42. The summed E-state index contributed by atoms with van der Waals surface area (Å²) >= 11 is 0. The van der Waals surface area contributed by atoms with Crippen LogP contribution in [0.3, 0.4) is 0 Å². The maximum atomic E-state index is 11.6. The van der Waals surface area contributed by atoms with E-state index in [0.29, 0.717) is 11.4 Å². The number of amides is 2. The highest BCUT2D eigenvalue weighted by molar-refractivity contribution is 5.89. The molecule has 0 aliphatic rings. The molecule has 0 aliphatic carbocycles. The van der Waals surface area contributed by atoms with Crippen molar-refractivity contribution in [3.05, 3.63) is 24.3 Å². The number of hydrogen-bond acceptors (Lipinski definition) is 3. The number of hydrogen-bond donors (Lipinski definition) is 3. The molecule has 0 radical (unpaired) electrons. The van der Waals surface area contributed by atoms with Gasteiger partial charge in [0.25, 0.3) is 0 Å². The number of urea groups is 1. The lowest BCUT2D eigenvalue weighted by Crippen LogP contribution is -2.37. The van der Waals surface area contributed by atoms with Gasteiger partial charge in [-0.2, -0.15) is 0 Å². The lowest BCUT2D eigenvalue weighted by Gasteiger charge is -2.15. The molecule has 1 aromatic carbocycles. The molecule has 1 aromatic rings. The number of ether oxygens (including phenoxy) is 1. The molecule has 0 aliphatic heterocycles. The summed E-state index contributed by atoms with van der Waals surface area (Å²) in [6.07, 6.45) is 4.54. The third-order valence-electron chi connectivity index (χ3n) is 2.68. The zero-order chi connectivity index (χ0) is 15.0. The third kappa shape index (κ3) is 5.63. The van der Waals surface area contributed by atoms with E-state index in [1.807, 2.05) is 13.8 Å². The molecule has 5 nitrogen and oxygen atoms in total. The van der Waals surface area contributed by atoms with Crippen LogP contribution in [0.1, 0.15) is 13.8 Å². The number of aliphatic hydroxyl groups excluding tert-OH is 1. The number of aliphatic hydroxyl groups is 1. The second kappa shape index (κ2) is 8.08. The molecule has 5 heteroatoms. The van der Waals surface area contributed by atoms with Gasteiger partial charge in [0, 0.05) is 12.2 Å². The Hall–Kier alpha value is -2.19. The molecule has 0 spiro atoms. The Morgan fingerprint density at radius 2 is 2.05 bits per heavy atom. The first-order valence-electron chi connectivity index (χ1n) is 6.42. The summed E-state index contributed by atoms with van der Waals surface area (Å²) in [7, 11) is 0. The molecular weight excluding hydrogens is 256 g/mol. The van der Waals surface area contributed by atoms with Gasteiger partial charge in [-0.05, 0) is 30.2 Å². The molecule has 1 rings (SSSR count). The van der Waals surface area contributed by atoms with Gasteiger partial charge in [0.15, 0.2) is 0 Å². The van der Waals surface area contributed by atoms with Gasteiger partial charge in [-0.1, -0.05) is 19.8 Å². The number of terminal acetylenes is 1. The highest BCUT2D eigenvalue weighted by Crippen LogP contribution is 2.15. The highest BCUT2D eigenvalue weighted by atomic mass is 16.5. The summed E-state index contributed by atoms with van der Waals surface area (Å²) in [6, 6.07) is 6.50. The summed E-state index contributed by atoms with van der Waals surface area (Å²) in [5.74, 6) is 3.12. The van der Waals surface area contributed by atoms with Crippen LogP contribution in [-0.2, 0) is 0 Å². The minimum absolute atomic E-state index is 0.0999. The maximum Gasteiger partial charge on any atom is 0.319 e. The summed E-state index contributed by atoms with van der Waals surface area (Å²) in [5.41, 5.74) is 0.634. The van der Waals surface area contributed by atoms with Gasteiger partial charge in [-0.15, -0.1) is 6.42 Å². The van der Waals surface area contributed by atoms with Crippen LogP contribution in [0.4, 0.5) is 10.5 Å². The molecule has 2 amide bonds. The normalized spacial score (nSPS) is 11.6. The summed E-state index contributed by atoms with van der Waals surface area (Å²) in [6.45, 7) is 4.20. The van der Waals surface area contributed by atoms with Gasteiger partial charge in [0.05, 0.1) is 6.10 Å². The second-order valence-corrected chi connectivity index (χ2v) is 4.66. The summed E-state index contributed by atoms with van der Waals surface area (Å²) in [5, 5.41) is 14.9. The minimum Gasteiger partial charge on any atom is -0.481 e. The molecular formula is C15H20N2O3. The van der Waals surface area contributed by atoms with Gasteiger partial charge >= 0.3 is 6.03 Å². The van der Waals surface area contributed by atoms with E-state index < -0.39 is 6.10 Å². The van der Waals surface area contributed by atoms with Gasteiger partial charge < -0.3 is 20.5 Å². The lowest BCUT2D eigenvalue weighted by atomic mass is 10.1. The fourth-order valence-corrected chi connectivity index (χ4v) is 1.37. The molecule has 3 N–H and O–H groups in total. The van der Waals surface area contributed by atoms with Crippen molar-refractivity contribution < 1.29 is 14.6 Å². The molecule has 0 saturated carbocycles. The standard InChI is InChI=1S/C15H20N2O3/c1-4-9-20-13-7-5-12(6-8-13)17-15(19)16-10-14(18)11(2)3/h1,5-8,11,14,18H,9-10H2,2-3H3,(H2,16,17,19)/t14-/m1/s1. The molecule has 0 heterocycles. The fraction of sp³-hybridized carbons (Fsp3) is 0.400. The quantitative estimate of drug-likeness (QED) is 0.694. The Bertz CT molecular complexity index is 463. The average Bonchev–Trinajstić information content (AvgIpc) is 2.44. The first-order chi connectivity index (χ1) is 9.52. The topological polar surface area (TPSA) is 70.6 Å². The molecule has 0 aromatic heterocycles. The van der Waals surface area contributed by atoms with E-state index in [9.17, 15) is 9.90 Å². The molecule has 108 valence electrons. The average molecular weight is 276 g/mol. The van der Waals surface area contributed by atoms with E-state index in [0.717, 1.165) is 0 Å². The van der Waals surface area contributed by atoms with E-state index in [1.54, 1.807) is 24.3 Å². The monoisotopic (exact) mass is 276 g/mol. The van der Waals surface area contributed by atoms with Crippen molar-refractivity contribution in [2.75, 3.05) is 18.5 Å². The fourth-order valence-electron chi connectivity index (χ4n) is 1.37. The number of rotatable bonds is 6. The Kier molecular flexibility index (Phi) is 6.41. The van der Waals surface area contributed by atoms with E-state index in [-0.39, 0.29) is 25.1 Å². The minimum atomic E-state index is -0.555. The van der Waals surface area contributed by atoms with Crippen molar-refractivity contribution in [1.29, 1.82) is 0 Å². The van der Waals surface area contributed by atoms with Crippen molar-refractivity contribution >= 4 is 11.7 Å². The van der Waals surface area contributed by atoms with Crippen LogP contribution >= 0.6 is 0 Å². The molecule has 0 saturated heterocycles. The predicted octanol–water partition coefficient (Wildman–Crippen LogP) is 1.84. The maximum absolute atomic E-state index is 11.6. The van der Waals surface area contributed by atoms with Crippen LogP contribution in [0.15, 0.2) is 24.3 Å². The number of carbonyl (C=O) groups is 1. The van der Waals surface area contributed by atoms with Crippen LogP contribution in [0.2, 0.25) is 0 Å². The van der Waals surface area contributed by atoms with Gasteiger partial charge in [0.2, 0.25) is 0 Å². The molecule has 20 heavy (non-hydrogen) atoms. The molecule has 0 unspecified atom stereocenters. The van der Waals surface area contributed by atoms with Crippen LogP contribution in [-0.4, -0.2) is 30.4 Å². The summed E-state index contributed by atoms with van der Waals surface area (Å²) in [4.78, 5) is 11.6. The van der Waals surface area contributed by atoms with E-state index in [2.05, 4.69) is 16.6 Å². The van der Waals surface area contributed by atoms with E-state index >= 15 is 0 Å². The Morgan fingerprint density at radius 3 is 2.60 bits per heavy atom. The Morgan fingerprint density at radius 1 is 1.40 bits per heavy atom. The van der Waals surface area contributed by atoms with Crippen LogP contribution in [0.25, 0.3) is 0 Å². The molecule has 0 bridgehead atoms. The molecule has 0 fully saturated rings. The van der Waals surface area contributed by atoms with Gasteiger partial charge in [-0.3, -0.25) is 0 Å². The van der Waals surface area contributed by atoms with Crippen molar-refractivity contribution in [3.8, 4) is 18.1 Å². The third-order valence-corrected chi connectivity index (χ3v) is 2.68. The van der Waals surface area contributed by atoms with Crippen LogP contribution in [0.5, 0.6) is 5.75 Å². The second-order valence-electron chi connectivity index (χ2n) is 4.66. The van der Waals surface area contributed by atoms with Crippen molar-refractivity contribution in [2.45, 2.75) is 20.0 Å². The number of nitrogens with one attached hydrogen (secondary N) is 2. The summed E-state index contributed by atoms with van der Waals surface area (Å²) < 4.78 is 5.22. The Balaban J connectivity index is 2.40. The lowest BCUT2D eigenvalue weighted by molar-refractivity contribution is 0.126. The zero-order valence-corrected chi connectivity index (χ0v) is 11.7. The highest BCUT2D eigenvalue weighted by Gasteiger charge is 2.10. The smallest absolute Gasteiger partial charge is 0.319 e. The number of benzene rings is 1.